The molecular formula is C13H18N4O2. The normalized spacial score (nSPS) is 32.3. The number of hydrogen-bond acceptors (Lipinski definition) is 4. The molecule has 1 saturated carbocycles. The summed E-state index contributed by atoms with van der Waals surface area (Å²) in [5, 5.41) is 14.9. The van der Waals surface area contributed by atoms with Crippen molar-refractivity contribution in [2.75, 3.05) is 19.6 Å². The zero-order valence-electron chi connectivity index (χ0n) is 10.9. The molecule has 2 aliphatic heterocycles. The van der Waals surface area contributed by atoms with Gasteiger partial charge in [0.05, 0.1) is 6.07 Å². The van der Waals surface area contributed by atoms with Gasteiger partial charge in [0.15, 0.2) is 0 Å². The minimum Gasteiger partial charge on any atom is -0.322 e. The summed E-state index contributed by atoms with van der Waals surface area (Å²) < 4.78 is 0. The third kappa shape index (κ3) is 1.98. The van der Waals surface area contributed by atoms with E-state index in [9.17, 15) is 9.59 Å². The molecular weight excluding hydrogens is 244 g/mol. The SMILES string of the molecule is N#CCC1(CN2C(=O)NC3(CCCNC3)C2=O)CC1. The Labute approximate surface area is 112 Å². The van der Waals surface area contributed by atoms with Gasteiger partial charge in [0.2, 0.25) is 0 Å². The Morgan fingerprint density at radius 2 is 2.11 bits per heavy atom. The molecule has 6 heteroatoms. The predicted octanol–water partition coefficient (Wildman–Crippen LogP) is 0.354. The summed E-state index contributed by atoms with van der Waals surface area (Å²) in [6.45, 7) is 1.80. The molecule has 3 amide bonds. The lowest BCUT2D eigenvalue weighted by molar-refractivity contribution is -0.132. The third-order valence-corrected chi connectivity index (χ3v) is 4.53. The van der Waals surface area contributed by atoms with E-state index in [-0.39, 0.29) is 17.4 Å². The molecule has 2 N–H and O–H groups in total. The second-order valence-corrected chi connectivity index (χ2v) is 6.02. The van der Waals surface area contributed by atoms with Gasteiger partial charge in [-0.15, -0.1) is 0 Å². The molecule has 1 spiro atoms. The van der Waals surface area contributed by atoms with Gasteiger partial charge in [0.1, 0.15) is 5.54 Å². The van der Waals surface area contributed by atoms with Crippen molar-refractivity contribution in [1.82, 2.24) is 15.5 Å². The monoisotopic (exact) mass is 262 g/mol. The molecule has 2 saturated heterocycles. The van der Waals surface area contributed by atoms with E-state index in [1.54, 1.807) is 0 Å². The summed E-state index contributed by atoms with van der Waals surface area (Å²) >= 11 is 0. The Bertz CT molecular complexity index is 458. The van der Waals surface area contributed by atoms with Crippen LogP contribution in [0.25, 0.3) is 0 Å². The summed E-state index contributed by atoms with van der Waals surface area (Å²) in [5.74, 6) is -0.117. The van der Waals surface area contributed by atoms with E-state index in [4.69, 9.17) is 5.26 Å². The van der Waals surface area contributed by atoms with E-state index in [1.165, 1.54) is 4.90 Å². The lowest BCUT2D eigenvalue weighted by Crippen LogP contribution is -2.57. The first-order valence-electron chi connectivity index (χ1n) is 6.83. The Balaban J connectivity index is 1.75. The van der Waals surface area contributed by atoms with E-state index >= 15 is 0 Å². The summed E-state index contributed by atoms with van der Waals surface area (Å²) in [5.41, 5.74) is -0.868. The van der Waals surface area contributed by atoms with Gasteiger partial charge in [-0.1, -0.05) is 0 Å². The van der Waals surface area contributed by atoms with Gasteiger partial charge in [-0.3, -0.25) is 9.69 Å². The van der Waals surface area contributed by atoms with Crippen molar-refractivity contribution >= 4 is 11.9 Å². The fourth-order valence-electron chi connectivity index (χ4n) is 3.09. The maximum Gasteiger partial charge on any atom is 0.325 e. The molecule has 2 heterocycles. The van der Waals surface area contributed by atoms with Crippen LogP contribution < -0.4 is 10.6 Å². The molecule has 0 aromatic carbocycles. The number of piperidine rings is 1. The number of imide groups is 1. The molecule has 0 aromatic rings. The predicted molar refractivity (Wildman–Crippen MR) is 67.0 cm³/mol. The number of urea groups is 1. The molecule has 0 aromatic heterocycles. The molecule has 0 radical (unpaired) electrons. The van der Waals surface area contributed by atoms with Crippen LogP contribution in [0.4, 0.5) is 4.79 Å². The second kappa shape index (κ2) is 4.20. The van der Waals surface area contributed by atoms with E-state index in [0.717, 1.165) is 25.8 Å². The summed E-state index contributed by atoms with van der Waals surface area (Å²) in [6, 6.07) is 1.87. The van der Waals surface area contributed by atoms with Gasteiger partial charge < -0.3 is 10.6 Å². The molecule has 1 atom stereocenters. The van der Waals surface area contributed by atoms with Gasteiger partial charge in [0, 0.05) is 24.9 Å². The van der Waals surface area contributed by atoms with E-state index in [1.807, 2.05) is 0 Å². The number of nitrogens with zero attached hydrogens (tertiary/aromatic N) is 2. The summed E-state index contributed by atoms with van der Waals surface area (Å²) in [4.78, 5) is 25.9. The van der Waals surface area contributed by atoms with Crippen LogP contribution in [0.5, 0.6) is 0 Å². The van der Waals surface area contributed by atoms with Crippen molar-refractivity contribution in [2.45, 2.75) is 37.6 Å². The van der Waals surface area contributed by atoms with E-state index in [0.29, 0.717) is 25.9 Å². The number of rotatable bonds is 3. The van der Waals surface area contributed by atoms with Gasteiger partial charge in [-0.2, -0.15) is 5.26 Å². The third-order valence-electron chi connectivity index (χ3n) is 4.53. The highest BCUT2D eigenvalue weighted by Gasteiger charge is 2.55. The summed E-state index contributed by atoms with van der Waals surface area (Å²) in [6.07, 6.45) is 3.89. The molecule has 3 rings (SSSR count). The van der Waals surface area contributed by atoms with Gasteiger partial charge in [-0.05, 0) is 32.2 Å². The maximum atomic E-state index is 12.5. The van der Waals surface area contributed by atoms with E-state index in [2.05, 4.69) is 16.7 Å². The molecule has 3 fully saturated rings. The molecule has 19 heavy (non-hydrogen) atoms. The average Bonchev–Trinajstić information content (AvgIpc) is 3.12. The molecule has 6 nitrogen and oxygen atoms in total. The van der Waals surface area contributed by atoms with Crippen LogP contribution in [-0.2, 0) is 4.79 Å². The number of nitriles is 1. The highest BCUT2D eigenvalue weighted by Crippen LogP contribution is 2.49. The van der Waals surface area contributed by atoms with Gasteiger partial charge in [-0.25, -0.2) is 4.79 Å². The zero-order valence-corrected chi connectivity index (χ0v) is 10.9. The largest absolute Gasteiger partial charge is 0.325 e. The number of nitrogens with one attached hydrogen (secondary N) is 2. The first-order chi connectivity index (χ1) is 9.11. The minimum atomic E-state index is -0.738. The number of carbonyl (C=O) groups is 2. The van der Waals surface area contributed by atoms with Crippen molar-refractivity contribution < 1.29 is 9.59 Å². The fourth-order valence-corrected chi connectivity index (χ4v) is 3.09. The molecule has 3 aliphatic rings. The molecule has 1 unspecified atom stereocenters. The lowest BCUT2D eigenvalue weighted by Gasteiger charge is -2.31. The fraction of sp³-hybridized carbons (Fsp3) is 0.769. The van der Waals surface area contributed by atoms with Gasteiger partial charge >= 0.3 is 6.03 Å². The highest BCUT2D eigenvalue weighted by molar-refractivity contribution is 6.07. The summed E-state index contributed by atoms with van der Waals surface area (Å²) in [7, 11) is 0. The van der Waals surface area contributed by atoms with Crippen LogP contribution >= 0.6 is 0 Å². The smallest absolute Gasteiger partial charge is 0.322 e. The van der Waals surface area contributed by atoms with E-state index < -0.39 is 5.54 Å². The Hall–Kier alpha value is -1.61. The molecule has 0 bridgehead atoms. The Morgan fingerprint density at radius 1 is 1.32 bits per heavy atom. The molecule has 102 valence electrons. The average molecular weight is 262 g/mol. The van der Waals surface area contributed by atoms with Crippen molar-refractivity contribution in [2.24, 2.45) is 5.41 Å². The number of carbonyl (C=O) groups excluding carboxylic acids is 2. The van der Waals surface area contributed by atoms with Crippen molar-refractivity contribution in [3.8, 4) is 6.07 Å². The van der Waals surface area contributed by atoms with Crippen molar-refractivity contribution in [1.29, 1.82) is 5.26 Å². The van der Waals surface area contributed by atoms with Crippen LogP contribution in [0.2, 0.25) is 0 Å². The zero-order chi connectivity index (χ0) is 13.5. The topological polar surface area (TPSA) is 85.2 Å². The maximum absolute atomic E-state index is 12.5. The van der Waals surface area contributed by atoms with Crippen LogP contribution in [-0.4, -0.2) is 42.0 Å². The number of amides is 3. The minimum absolute atomic E-state index is 0.117. The first kappa shape index (κ1) is 12.4. The van der Waals surface area contributed by atoms with Gasteiger partial charge in [0.25, 0.3) is 5.91 Å². The highest BCUT2D eigenvalue weighted by atomic mass is 16.2. The second-order valence-electron chi connectivity index (χ2n) is 6.02. The van der Waals surface area contributed by atoms with Crippen LogP contribution in [0.15, 0.2) is 0 Å². The quantitative estimate of drug-likeness (QED) is 0.719. The first-order valence-corrected chi connectivity index (χ1v) is 6.83. The van der Waals surface area contributed by atoms with Crippen molar-refractivity contribution in [3.63, 3.8) is 0 Å². The lowest BCUT2D eigenvalue weighted by atomic mass is 9.90. The van der Waals surface area contributed by atoms with Crippen LogP contribution in [0.1, 0.15) is 32.1 Å². The number of hydrogen-bond donors (Lipinski definition) is 2. The standard InChI is InChI=1S/C13H18N4O2/c14-6-5-12(3-4-12)9-17-10(18)13(16-11(17)19)2-1-7-15-8-13/h15H,1-5,7-9H2,(H,16,19). The Kier molecular flexibility index (Phi) is 2.75. The Morgan fingerprint density at radius 3 is 2.68 bits per heavy atom. The van der Waals surface area contributed by atoms with Crippen LogP contribution in [0, 0.1) is 16.7 Å². The van der Waals surface area contributed by atoms with Crippen molar-refractivity contribution in [3.05, 3.63) is 0 Å². The van der Waals surface area contributed by atoms with Crippen LogP contribution in [0.3, 0.4) is 0 Å². The molecule has 1 aliphatic carbocycles.